The summed E-state index contributed by atoms with van der Waals surface area (Å²) in [4.78, 5) is 22.9. The molecule has 0 aliphatic rings. The maximum absolute atomic E-state index is 12.0. The number of carboxylic acids is 1. The number of anilines is 2. The number of ether oxygens (including phenoxy) is 1. The summed E-state index contributed by atoms with van der Waals surface area (Å²) in [5.74, 6) is -0.510. The molecule has 114 valence electrons. The number of hydrogen-bond acceptors (Lipinski definition) is 3. The van der Waals surface area contributed by atoms with Crippen molar-refractivity contribution in [2.24, 2.45) is 0 Å². The van der Waals surface area contributed by atoms with Gasteiger partial charge in [0.1, 0.15) is 5.75 Å². The number of methoxy groups -OCH3 is 1. The molecule has 0 radical (unpaired) electrons. The highest BCUT2D eigenvalue weighted by Crippen LogP contribution is 2.25. The molecule has 0 atom stereocenters. The van der Waals surface area contributed by atoms with Crippen LogP contribution < -0.4 is 15.4 Å². The van der Waals surface area contributed by atoms with Crippen molar-refractivity contribution in [2.45, 2.75) is 6.92 Å². The second-order valence-corrected chi connectivity index (χ2v) is 4.67. The lowest BCUT2D eigenvalue weighted by molar-refractivity contribution is 0.0697. The Bertz CT molecular complexity index is 713. The summed E-state index contributed by atoms with van der Waals surface area (Å²) >= 11 is 0. The Hall–Kier alpha value is -3.02. The van der Waals surface area contributed by atoms with Crippen LogP contribution in [0.1, 0.15) is 15.9 Å². The predicted molar refractivity (Wildman–Crippen MR) is 83.8 cm³/mol. The number of amides is 2. The van der Waals surface area contributed by atoms with Crippen LogP contribution in [0, 0.1) is 6.92 Å². The van der Waals surface area contributed by atoms with Gasteiger partial charge in [-0.1, -0.05) is 12.1 Å². The van der Waals surface area contributed by atoms with Gasteiger partial charge in [0.05, 0.1) is 18.4 Å². The molecule has 0 aliphatic heterocycles. The van der Waals surface area contributed by atoms with E-state index in [1.807, 2.05) is 13.0 Å². The van der Waals surface area contributed by atoms with Crippen molar-refractivity contribution >= 4 is 23.4 Å². The third kappa shape index (κ3) is 3.76. The number of carbonyl (C=O) groups excluding carboxylic acids is 1. The standard InChI is InChI=1S/C16H16N2O4/c1-10-6-7-14(22-2)13(8-10)18-16(21)17-12-5-3-4-11(9-12)15(19)20/h3-9H,1-2H3,(H,19,20)(H2,17,18,21). The van der Waals surface area contributed by atoms with E-state index in [2.05, 4.69) is 10.6 Å². The normalized spacial score (nSPS) is 9.91. The van der Waals surface area contributed by atoms with Crippen molar-refractivity contribution < 1.29 is 19.4 Å². The highest BCUT2D eigenvalue weighted by molar-refractivity contribution is 6.01. The van der Waals surface area contributed by atoms with E-state index < -0.39 is 12.0 Å². The summed E-state index contributed by atoms with van der Waals surface area (Å²) < 4.78 is 5.18. The molecular weight excluding hydrogens is 284 g/mol. The van der Waals surface area contributed by atoms with E-state index in [1.165, 1.54) is 19.2 Å². The van der Waals surface area contributed by atoms with Crippen molar-refractivity contribution in [2.75, 3.05) is 17.7 Å². The molecule has 0 aliphatic carbocycles. The summed E-state index contributed by atoms with van der Waals surface area (Å²) in [6.45, 7) is 1.90. The summed E-state index contributed by atoms with van der Waals surface area (Å²) in [7, 11) is 1.52. The van der Waals surface area contributed by atoms with Gasteiger partial charge in [0.25, 0.3) is 0 Å². The SMILES string of the molecule is COc1ccc(C)cc1NC(=O)Nc1cccc(C(=O)O)c1. The molecule has 0 spiro atoms. The van der Waals surface area contributed by atoms with Crippen molar-refractivity contribution in [3.63, 3.8) is 0 Å². The van der Waals surface area contributed by atoms with E-state index in [0.717, 1.165) is 5.56 Å². The van der Waals surface area contributed by atoms with Gasteiger partial charge in [-0.2, -0.15) is 0 Å². The highest BCUT2D eigenvalue weighted by atomic mass is 16.5. The van der Waals surface area contributed by atoms with E-state index >= 15 is 0 Å². The summed E-state index contributed by atoms with van der Waals surface area (Å²) in [6.07, 6.45) is 0. The molecule has 0 unspecified atom stereocenters. The zero-order valence-corrected chi connectivity index (χ0v) is 12.2. The molecule has 3 N–H and O–H groups in total. The second kappa shape index (κ2) is 6.62. The number of carbonyl (C=O) groups is 2. The predicted octanol–water partition coefficient (Wildman–Crippen LogP) is 3.35. The number of rotatable bonds is 4. The van der Waals surface area contributed by atoms with E-state index in [4.69, 9.17) is 9.84 Å². The minimum atomic E-state index is -1.05. The largest absolute Gasteiger partial charge is 0.495 e. The second-order valence-electron chi connectivity index (χ2n) is 4.67. The summed E-state index contributed by atoms with van der Waals surface area (Å²) in [5.41, 5.74) is 2.01. The fraction of sp³-hybridized carbons (Fsp3) is 0.125. The Morgan fingerprint density at radius 2 is 1.86 bits per heavy atom. The van der Waals surface area contributed by atoms with Gasteiger partial charge in [-0.3, -0.25) is 0 Å². The van der Waals surface area contributed by atoms with Crippen LogP contribution in [-0.4, -0.2) is 24.2 Å². The van der Waals surface area contributed by atoms with Crippen molar-refractivity contribution in [1.82, 2.24) is 0 Å². The van der Waals surface area contributed by atoms with Crippen LogP contribution in [0.2, 0.25) is 0 Å². The molecule has 2 rings (SSSR count). The number of urea groups is 1. The fourth-order valence-electron chi connectivity index (χ4n) is 1.93. The first kappa shape index (κ1) is 15.4. The van der Waals surface area contributed by atoms with Gasteiger partial charge >= 0.3 is 12.0 Å². The zero-order chi connectivity index (χ0) is 16.1. The first-order chi connectivity index (χ1) is 10.5. The molecule has 6 nitrogen and oxygen atoms in total. The lowest BCUT2D eigenvalue weighted by atomic mass is 10.2. The Kier molecular flexibility index (Phi) is 4.63. The molecule has 22 heavy (non-hydrogen) atoms. The van der Waals surface area contributed by atoms with Gasteiger partial charge in [0.15, 0.2) is 0 Å². The number of hydrogen-bond donors (Lipinski definition) is 3. The van der Waals surface area contributed by atoms with Crippen LogP contribution in [0.4, 0.5) is 16.2 Å². The Morgan fingerprint density at radius 1 is 1.09 bits per heavy atom. The molecule has 2 amide bonds. The molecule has 2 aromatic carbocycles. The molecule has 6 heteroatoms. The molecule has 0 fully saturated rings. The van der Waals surface area contributed by atoms with E-state index in [1.54, 1.807) is 24.3 Å². The molecule has 0 aromatic heterocycles. The average Bonchev–Trinajstić information content (AvgIpc) is 2.47. The van der Waals surface area contributed by atoms with Crippen molar-refractivity contribution in [3.8, 4) is 5.75 Å². The molecule has 0 saturated heterocycles. The molecule has 0 heterocycles. The number of nitrogens with one attached hydrogen (secondary N) is 2. The fourth-order valence-corrected chi connectivity index (χ4v) is 1.93. The van der Waals surface area contributed by atoms with Gasteiger partial charge in [-0.15, -0.1) is 0 Å². The molecule has 0 bridgehead atoms. The zero-order valence-electron chi connectivity index (χ0n) is 12.2. The third-order valence-corrected chi connectivity index (χ3v) is 2.97. The number of aromatic carboxylic acids is 1. The molecule has 0 saturated carbocycles. The van der Waals surface area contributed by atoms with Gasteiger partial charge in [-0.25, -0.2) is 9.59 Å². The number of aryl methyl sites for hydroxylation is 1. The van der Waals surface area contributed by atoms with E-state index in [-0.39, 0.29) is 5.56 Å². The van der Waals surface area contributed by atoms with Crippen LogP contribution in [0.15, 0.2) is 42.5 Å². The van der Waals surface area contributed by atoms with Crippen LogP contribution in [-0.2, 0) is 0 Å². The third-order valence-electron chi connectivity index (χ3n) is 2.97. The lowest BCUT2D eigenvalue weighted by Crippen LogP contribution is -2.20. The number of benzene rings is 2. The number of carboxylic acid groups (broad SMARTS) is 1. The monoisotopic (exact) mass is 300 g/mol. The molecule has 2 aromatic rings. The van der Waals surface area contributed by atoms with Crippen molar-refractivity contribution in [1.29, 1.82) is 0 Å². The van der Waals surface area contributed by atoms with Crippen molar-refractivity contribution in [3.05, 3.63) is 53.6 Å². The minimum absolute atomic E-state index is 0.103. The average molecular weight is 300 g/mol. The van der Waals surface area contributed by atoms with Gasteiger partial charge in [-0.05, 0) is 42.8 Å². The maximum atomic E-state index is 12.0. The van der Waals surface area contributed by atoms with Gasteiger partial charge < -0.3 is 20.5 Å². The Balaban J connectivity index is 2.12. The minimum Gasteiger partial charge on any atom is -0.495 e. The van der Waals surface area contributed by atoms with Gasteiger partial charge in [0, 0.05) is 5.69 Å². The highest BCUT2D eigenvalue weighted by Gasteiger charge is 2.09. The first-order valence-corrected chi connectivity index (χ1v) is 6.55. The first-order valence-electron chi connectivity index (χ1n) is 6.55. The smallest absolute Gasteiger partial charge is 0.335 e. The quantitative estimate of drug-likeness (QED) is 0.808. The van der Waals surface area contributed by atoms with Crippen LogP contribution >= 0.6 is 0 Å². The molecular formula is C16H16N2O4. The van der Waals surface area contributed by atoms with Crippen LogP contribution in [0.25, 0.3) is 0 Å². The van der Waals surface area contributed by atoms with Crippen LogP contribution in [0.5, 0.6) is 5.75 Å². The van der Waals surface area contributed by atoms with E-state index in [9.17, 15) is 9.59 Å². The lowest BCUT2D eigenvalue weighted by Gasteiger charge is -2.12. The van der Waals surface area contributed by atoms with E-state index in [0.29, 0.717) is 17.1 Å². The summed E-state index contributed by atoms with van der Waals surface area (Å²) in [5, 5.41) is 14.2. The van der Waals surface area contributed by atoms with Gasteiger partial charge in [0.2, 0.25) is 0 Å². The topological polar surface area (TPSA) is 87.7 Å². The maximum Gasteiger partial charge on any atom is 0.335 e. The summed E-state index contributed by atoms with van der Waals surface area (Å²) in [6, 6.07) is 10.9. The Labute approximate surface area is 127 Å². The Morgan fingerprint density at radius 3 is 2.55 bits per heavy atom. The van der Waals surface area contributed by atoms with Crippen LogP contribution in [0.3, 0.4) is 0 Å².